The number of benzene rings is 2. The second-order valence-electron chi connectivity index (χ2n) is 7.91. The van der Waals surface area contributed by atoms with Crippen molar-refractivity contribution in [3.8, 4) is 11.1 Å². The second-order valence-corrected chi connectivity index (χ2v) is 9.92. The number of halogens is 1. The SMILES string of the molecule is Cc1c(-c2ccccc2)c(=O)c(C(=O)NCc2ccc(S(C)(=O)=O)cc2F)cn1C(C)C. The van der Waals surface area contributed by atoms with Crippen molar-refractivity contribution in [2.75, 3.05) is 6.26 Å². The number of nitrogens with zero attached hydrogens (tertiary/aromatic N) is 1. The first-order valence-electron chi connectivity index (χ1n) is 10.1. The van der Waals surface area contributed by atoms with E-state index in [1.807, 2.05) is 55.7 Å². The van der Waals surface area contributed by atoms with Gasteiger partial charge in [0.25, 0.3) is 5.91 Å². The van der Waals surface area contributed by atoms with Crippen LogP contribution in [0, 0.1) is 12.7 Å². The highest BCUT2D eigenvalue weighted by atomic mass is 32.2. The van der Waals surface area contributed by atoms with Crippen LogP contribution in [0.15, 0.2) is 64.4 Å². The van der Waals surface area contributed by atoms with Crippen molar-refractivity contribution in [3.63, 3.8) is 0 Å². The molecule has 6 nitrogen and oxygen atoms in total. The van der Waals surface area contributed by atoms with E-state index in [9.17, 15) is 22.4 Å². The molecule has 0 aliphatic heterocycles. The van der Waals surface area contributed by atoms with E-state index in [1.54, 1.807) is 0 Å². The highest BCUT2D eigenvalue weighted by Crippen LogP contribution is 2.23. The number of amides is 1. The average molecular weight is 457 g/mol. The third-order valence-corrected chi connectivity index (χ3v) is 6.35. The summed E-state index contributed by atoms with van der Waals surface area (Å²) in [7, 11) is -3.54. The van der Waals surface area contributed by atoms with Gasteiger partial charge in [0.2, 0.25) is 5.43 Å². The molecule has 3 aromatic rings. The van der Waals surface area contributed by atoms with Crippen LogP contribution in [0.5, 0.6) is 0 Å². The van der Waals surface area contributed by atoms with E-state index in [4.69, 9.17) is 0 Å². The Kier molecular flexibility index (Phi) is 6.64. The van der Waals surface area contributed by atoms with Gasteiger partial charge in [-0.2, -0.15) is 0 Å². The Morgan fingerprint density at radius 3 is 2.34 bits per heavy atom. The Bertz CT molecular complexity index is 1330. The largest absolute Gasteiger partial charge is 0.348 e. The minimum atomic E-state index is -3.54. The molecule has 0 unspecified atom stereocenters. The quantitative estimate of drug-likeness (QED) is 0.610. The maximum Gasteiger partial charge on any atom is 0.257 e. The number of rotatable bonds is 6. The van der Waals surface area contributed by atoms with Gasteiger partial charge in [0, 0.05) is 41.9 Å². The standard InChI is InChI=1S/C24H25FN2O4S/c1-15(2)27-14-20(23(28)22(16(27)3)17-8-6-5-7-9-17)24(29)26-13-18-10-11-19(12-21(18)25)32(4,30)31/h5-12,14-15H,13H2,1-4H3,(H,26,29). The van der Waals surface area contributed by atoms with Gasteiger partial charge in [-0.25, -0.2) is 12.8 Å². The summed E-state index contributed by atoms with van der Waals surface area (Å²) in [5, 5.41) is 2.58. The van der Waals surface area contributed by atoms with Crippen LogP contribution in [0.2, 0.25) is 0 Å². The first-order valence-corrected chi connectivity index (χ1v) is 12.0. The lowest BCUT2D eigenvalue weighted by atomic mass is 10.0. The van der Waals surface area contributed by atoms with Crippen LogP contribution in [-0.4, -0.2) is 25.1 Å². The molecule has 0 spiro atoms. The zero-order valence-electron chi connectivity index (χ0n) is 18.3. The van der Waals surface area contributed by atoms with Crippen LogP contribution in [0.4, 0.5) is 4.39 Å². The Balaban J connectivity index is 1.97. The number of carbonyl (C=O) groups excluding carboxylic acids is 1. The normalized spacial score (nSPS) is 11.6. The number of nitrogens with one attached hydrogen (secondary N) is 1. The van der Waals surface area contributed by atoms with Gasteiger partial charge in [-0.05, 0) is 38.5 Å². The molecule has 1 amide bonds. The fourth-order valence-corrected chi connectivity index (χ4v) is 4.17. The van der Waals surface area contributed by atoms with Gasteiger partial charge in [-0.3, -0.25) is 9.59 Å². The number of hydrogen-bond acceptors (Lipinski definition) is 4. The van der Waals surface area contributed by atoms with Crippen molar-refractivity contribution in [1.29, 1.82) is 0 Å². The van der Waals surface area contributed by atoms with E-state index in [-0.39, 0.29) is 28.6 Å². The van der Waals surface area contributed by atoms with Gasteiger partial charge < -0.3 is 9.88 Å². The van der Waals surface area contributed by atoms with Crippen LogP contribution in [0.3, 0.4) is 0 Å². The molecule has 32 heavy (non-hydrogen) atoms. The molecule has 0 radical (unpaired) electrons. The maximum absolute atomic E-state index is 14.3. The summed E-state index contributed by atoms with van der Waals surface area (Å²) in [5.41, 5.74) is 1.56. The van der Waals surface area contributed by atoms with E-state index < -0.39 is 27.0 Å². The van der Waals surface area contributed by atoms with Gasteiger partial charge in [-0.15, -0.1) is 0 Å². The first-order chi connectivity index (χ1) is 15.0. The van der Waals surface area contributed by atoms with Gasteiger partial charge in [0.15, 0.2) is 9.84 Å². The van der Waals surface area contributed by atoms with Crippen molar-refractivity contribution in [1.82, 2.24) is 9.88 Å². The van der Waals surface area contributed by atoms with E-state index in [0.29, 0.717) is 11.1 Å². The second kappa shape index (κ2) is 9.08. The molecule has 2 aromatic carbocycles. The highest BCUT2D eigenvalue weighted by molar-refractivity contribution is 7.90. The summed E-state index contributed by atoms with van der Waals surface area (Å²) in [4.78, 5) is 26.0. The lowest BCUT2D eigenvalue weighted by Crippen LogP contribution is -2.31. The lowest BCUT2D eigenvalue weighted by Gasteiger charge is -2.20. The van der Waals surface area contributed by atoms with Crippen molar-refractivity contribution < 1.29 is 17.6 Å². The Morgan fingerprint density at radius 2 is 1.78 bits per heavy atom. The third kappa shape index (κ3) is 4.80. The molecule has 1 N–H and O–H groups in total. The summed E-state index contributed by atoms with van der Waals surface area (Å²) < 4.78 is 39.4. The van der Waals surface area contributed by atoms with E-state index >= 15 is 0 Å². The lowest BCUT2D eigenvalue weighted by molar-refractivity contribution is 0.0948. The molecule has 0 saturated heterocycles. The zero-order chi connectivity index (χ0) is 23.6. The number of hydrogen-bond donors (Lipinski definition) is 1. The van der Waals surface area contributed by atoms with Gasteiger partial charge >= 0.3 is 0 Å². The van der Waals surface area contributed by atoms with Crippen LogP contribution in [0.25, 0.3) is 11.1 Å². The molecule has 0 aliphatic rings. The average Bonchev–Trinajstić information content (AvgIpc) is 2.72. The van der Waals surface area contributed by atoms with Crippen LogP contribution >= 0.6 is 0 Å². The Morgan fingerprint density at radius 1 is 1.12 bits per heavy atom. The molecular formula is C24H25FN2O4S. The molecule has 0 fully saturated rings. The van der Waals surface area contributed by atoms with Crippen molar-refractivity contribution in [2.45, 2.75) is 38.3 Å². The molecule has 0 atom stereocenters. The van der Waals surface area contributed by atoms with Crippen molar-refractivity contribution in [2.24, 2.45) is 0 Å². The predicted octanol–water partition coefficient (Wildman–Crippen LogP) is 3.88. The summed E-state index contributed by atoms with van der Waals surface area (Å²) in [6, 6.07) is 12.6. The zero-order valence-corrected chi connectivity index (χ0v) is 19.2. The minimum Gasteiger partial charge on any atom is -0.348 e. The fourth-order valence-electron chi connectivity index (χ4n) is 3.54. The summed E-state index contributed by atoms with van der Waals surface area (Å²) in [6.07, 6.45) is 2.51. The van der Waals surface area contributed by atoms with Gasteiger partial charge in [-0.1, -0.05) is 36.4 Å². The Labute approximate surface area is 186 Å². The molecule has 8 heteroatoms. The van der Waals surface area contributed by atoms with Crippen molar-refractivity contribution >= 4 is 15.7 Å². The number of sulfone groups is 1. The summed E-state index contributed by atoms with van der Waals surface area (Å²) in [5.74, 6) is -1.38. The fraction of sp³-hybridized carbons (Fsp3) is 0.250. The molecule has 168 valence electrons. The van der Waals surface area contributed by atoms with E-state index in [1.165, 1.54) is 18.3 Å². The smallest absolute Gasteiger partial charge is 0.257 e. The molecule has 1 aromatic heterocycles. The number of pyridine rings is 1. The van der Waals surface area contributed by atoms with Crippen LogP contribution in [0.1, 0.15) is 41.5 Å². The maximum atomic E-state index is 14.3. The minimum absolute atomic E-state index is 0.00518. The van der Waals surface area contributed by atoms with Crippen LogP contribution in [-0.2, 0) is 16.4 Å². The molecule has 0 aliphatic carbocycles. The third-order valence-electron chi connectivity index (χ3n) is 5.24. The highest BCUT2D eigenvalue weighted by Gasteiger charge is 2.20. The predicted molar refractivity (Wildman–Crippen MR) is 122 cm³/mol. The molecule has 3 rings (SSSR count). The van der Waals surface area contributed by atoms with Crippen molar-refractivity contribution in [3.05, 3.63) is 87.6 Å². The van der Waals surface area contributed by atoms with Gasteiger partial charge in [0.1, 0.15) is 11.4 Å². The number of carbonyl (C=O) groups is 1. The van der Waals surface area contributed by atoms with Gasteiger partial charge in [0.05, 0.1) is 4.90 Å². The Hall–Kier alpha value is -3.26. The monoisotopic (exact) mass is 456 g/mol. The van der Waals surface area contributed by atoms with E-state index in [2.05, 4.69) is 5.32 Å². The molecule has 1 heterocycles. The topological polar surface area (TPSA) is 85.2 Å². The molecule has 0 bridgehead atoms. The number of aromatic nitrogens is 1. The first kappa shape index (κ1) is 23.4. The molecule has 0 saturated carbocycles. The van der Waals surface area contributed by atoms with Crippen LogP contribution < -0.4 is 10.7 Å². The van der Waals surface area contributed by atoms with E-state index in [0.717, 1.165) is 18.0 Å². The summed E-state index contributed by atoms with van der Waals surface area (Å²) >= 11 is 0. The molecular weight excluding hydrogens is 431 g/mol. The summed E-state index contributed by atoms with van der Waals surface area (Å²) in [6.45, 7) is 5.55.